The van der Waals surface area contributed by atoms with Gasteiger partial charge in [0.25, 0.3) is 5.91 Å². The standard InChI is InChI=1S/C23H19BrCl2N2O2S/c1-2-21(23(30)28-20-9-4-3-8-18(20)24)31-16-7-5-6-15(13-16)27-22(29)17-11-10-14(25)12-19(17)26/h3-13,21H,2H2,1H3,(H,27,29)(H,28,30). The Bertz CT molecular complexity index is 1110. The Labute approximate surface area is 203 Å². The Balaban J connectivity index is 1.69. The second-order valence-corrected chi connectivity index (χ2v) is 9.56. The molecule has 0 saturated heterocycles. The van der Waals surface area contributed by atoms with Crippen molar-refractivity contribution in [2.75, 3.05) is 10.6 Å². The fourth-order valence-electron chi connectivity index (χ4n) is 2.78. The molecule has 0 aromatic heterocycles. The van der Waals surface area contributed by atoms with E-state index < -0.39 is 0 Å². The third-order valence-corrected chi connectivity index (χ3v) is 6.94. The summed E-state index contributed by atoms with van der Waals surface area (Å²) in [5.74, 6) is -0.413. The Morgan fingerprint density at radius 3 is 2.48 bits per heavy atom. The van der Waals surface area contributed by atoms with E-state index in [1.54, 1.807) is 18.2 Å². The van der Waals surface area contributed by atoms with Crippen molar-refractivity contribution in [3.8, 4) is 0 Å². The molecule has 0 aliphatic rings. The van der Waals surface area contributed by atoms with Crippen molar-refractivity contribution >= 4 is 74.1 Å². The lowest BCUT2D eigenvalue weighted by Crippen LogP contribution is -2.24. The van der Waals surface area contributed by atoms with Crippen LogP contribution >= 0.6 is 50.9 Å². The average molecular weight is 538 g/mol. The van der Waals surface area contributed by atoms with Crippen LogP contribution in [0.4, 0.5) is 11.4 Å². The van der Waals surface area contributed by atoms with Gasteiger partial charge in [0.1, 0.15) is 0 Å². The number of amides is 2. The third kappa shape index (κ3) is 6.50. The van der Waals surface area contributed by atoms with Gasteiger partial charge in [0.15, 0.2) is 0 Å². The third-order valence-electron chi connectivity index (χ3n) is 4.34. The maximum absolute atomic E-state index is 12.8. The fraction of sp³-hybridized carbons (Fsp3) is 0.130. The molecule has 31 heavy (non-hydrogen) atoms. The van der Waals surface area contributed by atoms with E-state index in [-0.39, 0.29) is 22.1 Å². The van der Waals surface area contributed by atoms with Crippen molar-refractivity contribution in [3.63, 3.8) is 0 Å². The van der Waals surface area contributed by atoms with Crippen LogP contribution in [0, 0.1) is 0 Å². The predicted molar refractivity (Wildman–Crippen MR) is 134 cm³/mol. The highest BCUT2D eigenvalue weighted by Crippen LogP contribution is 2.30. The van der Waals surface area contributed by atoms with E-state index in [4.69, 9.17) is 23.2 Å². The largest absolute Gasteiger partial charge is 0.324 e. The number of benzene rings is 3. The molecule has 4 nitrogen and oxygen atoms in total. The lowest BCUT2D eigenvalue weighted by atomic mass is 10.2. The van der Waals surface area contributed by atoms with Gasteiger partial charge in [0, 0.05) is 20.1 Å². The molecule has 2 amide bonds. The maximum atomic E-state index is 12.8. The topological polar surface area (TPSA) is 58.2 Å². The smallest absolute Gasteiger partial charge is 0.257 e. The van der Waals surface area contributed by atoms with Crippen molar-refractivity contribution in [1.82, 2.24) is 0 Å². The molecule has 1 unspecified atom stereocenters. The number of carbonyl (C=O) groups excluding carboxylic acids is 2. The Morgan fingerprint density at radius 2 is 1.77 bits per heavy atom. The van der Waals surface area contributed by atoms with E-state index in [0.717, 1.165) is 15.1 Å². The van der Waals surface area contributed by atoms with Gasteiger partial charge in [-0.1, -0.05) is 48.3 Å². The summed E-state index contributed by atoms with van der Waals surface area (Å²) in [7, 11) is 0. The van der Waals surface area contributed by atoms with E-state index in [1.165, 1.54) is 17.8 Å². The number of thioether (sulfide) groups is 1. The highest BCUT2D eigenvalue weighted by molar-refractivity contribution is 9.10. The maximum Gasteiger partial charge on any atom is 0.257 e. The molecule has 3 aromatic rings. The van der Waals surface area contributed by atoms with Crippen molar-refractivity contribution in [2.45, 2.75) is 23.5 Å². The van der Waals surface area contributed by atoms with Gasteiger partial charge >= 0.3 is 0 Å². The summed E-state index contributed by atoms with van der Waals surface area (Å²) in [4.78, 5) is 26.2. The number of halogens is 3. The van der Waals surface area contributed by atoms with Gasteiger partial charge in [-0.15, -0.1) is 11.8 Å². The molecule has 0 saturated carbocycles. The lowest BCUT2D eigenvalue weighted by molar-refractivity contribution is -0.115. The van der Waals surface area contributed by atoms with Crippen LogP contribution < -0.4 is 10.6 Å². The van der Waals surface area contributed by atoms with Crippen molar-refractivity contribution in [2.24, 2.45) is 0 Å². The number of anilines is 2. The first-order valence-electron chi connectivity index (χ1n) is 9.46. The van der Waals surface area contributed by atoms with Gasteiger partial charge in [0.05, 0.1) is 21.5 Å². The van der Waals surface area contributed by atoms with E-state index in [2.05, 4.69) is 26.6 Å². The quantitative estimate of drug-likeness (QED) is 0.306. The van der Waals surface area contributed by atoms with Gasteiger partial charge in [0.2, 0.25) is 5.91 Å². The van der Waals surface area contributed by atoms with Crippen LogP contribution in [0.15, 0.2) is 76.1 Å². The predicted octanol–water partition coefficient (Wildman–Crippen LogP) is 7.52. The molecule has 0 heterocycles. The number of carbonyl (C=O) groups is 2. The van der Waals surface area contributed by atoms with Gasteiger partial charge in [-0.05, 0) is 70.9 Å². The zero-order chi connectivity index (χ0) is 22.4. The second-order valence-electron chi connectivity index (χ2n) is 6.59. The van der Waals surface area contributed by atoms with E-state index in [0.29, 0.717) is 22.7 Å². The normalized spacial score (nSPS) is 11.6. The fourth-order valence-corrected chi connectivity index (χ4v) is 4.67. The first-order valence-corrected chi connectivity index (χ1v) is 11.9. The van der Waals surface area contributed by atoms with Gasteiger partial charge < -0.3 is 10.6 Å². The van der Waals surface area contributed by atoms with Crippen molar-refractivity contribution in [1.29, 1.82) is 0 Å². The Morgan fingerprint density at radius 1 is 1.00 bits per heavy atom. The number of hydrogen-bond donors (Lipinski definition) is 2. The molecule has 3 rings (SSSR count). The molecular formula is C23H19BrCl2N2O2S. The van der Waals surface area contributed by atoms with Crippen LogP contribution in [0.3, 0.4) is 0 Å². The lowest BCUT2D eigenvalue weighted by Gasteiger charge is -2.16. The van der Waals surface area contributed by atoms with Crippen molar-refractivity contribution < 1.29 is 9.59 Å². The first-order chi connectivity index (χ1) is 14.9. The number of rotatable bonds is 7. The summed E-state index contributed by atoms with van der Waals surface area (Å²) < 4.78 is 0.828. The zero-order valence-electron chi connectivity index (χ0n) is 16.5. The number of hydrogen-bond acceptors (Lipinski definition) is 3. The number of para-hydroxylation sites is 1. The first kappa shape index (κ1) is 23.7. The summed E-state index contributed by atoms with van der Waals surface area (Å²) in [6.45, 7) is 1.96. The van der Waals surface area contributed by atoms with Crippen LogP contribution in [0.2, 0.25) is 10.0 Å². The summed E-state index contributed by atoms with van der Waals surface area (Å²) in [5.41, 5.74) is 1.68. The van der Waals surface area contributed by atoms with Gasteiger partial charge in [-0.3, -0.25) is 9.59 Å². The molecule has 0 spiro atoms. The minimum absolute atomic E-state index is 0.0817. The molecule has 0 aliphatic carbocycles. The van der Waals surface area contributed by atoms with E-state index in [1.807, 2.05) is 49.4 Å². The molecule has 2 N–H and O–H groups in total. The average Bonchev–Trinajstić information content (AvgIpc) is 2.73. The van der Waals surface area contributed by atoms with Crippen LogP contribution in [-0.4, -0.2) is 17.1 Å². The molecule has 1 atom stereocenters. The Hall–Kier alpha value is -1.99. The molecule has 0 radical (unpaired) electrons. The molecule has 0 aliphatic heterocycles. The van der Waals surface area contributed by atoms with Gasteiger partial charge in [-0.2, -0.15) is 0 Å². The van der Waals surface area contributed by atoms with E-state index >= 15 is 0 Å². The molecule has 0 fully saturated rings. The molecular weight excluding hydrogens is 519 g/mol. The highest BCUT2D eigenvalue weighted by Gasteiger charge is 2.19. The van der Waals surface area contributed by atoms with E-state index in [9.17, 15) is 9.59 Å². The minimum Gasteiger partial charge on any atom is -0.324 e. The molecule has 0 bridgehead atoms. The summed E-state index contributed by atoms with van der Waals surface area (Å²) >= 11 is 16.9. The second kappa shape index (κ2) is 11.0. The number of nitrogens with one attached hydrogen (secondary N) is 2. The molecule has 8 heteroatoms. The SMILES string of the molecule is CCC(Sc1cccc(NC(=O)c2ccc(Cl)cc2Cl)c1)C(=O)Nc1ccccc1Br. The monoisotopic (exact) mass is 536 g/mol. The Kier molecular flexibility index (Phi) is 8.43. The minimum atomic E-state index is -0.331. The summed E-state index contributed by atoms with van der Waals surface area (Å²) in [5, 5.41) is 6.26. The van der Waals surface area contributed by atoms with Crippen LogP contribution in [0.5, 0.6) is 0 Å². The zero-order valence-corrected chi connectivity index (χ0v) is 20.4. The highest BCUT2D eigenvalue weighted by atomic mass is 79.9. The van der Waals surface area contributed by atoms with Crippen LogP contribution in [0.1, 0.15) is 23.7 Å². The van der Waals surface area contributed by atoms with Crippen LogP contribution in [-0.2, 0) is 4.79 Å². The molecule has 3 aromatic carbocycles. The molecule has 160 valence electrons. The van der Waals surface area contributed by atoms with Crippen molar-refractivity contribution in [3.05, 3.63) is 86.8 Å². The van der Waals surface area contributed by atoms with Gasteiger partial charge in [-0.25, -0.2) is 0 Å². The summed E-state index contributed by atoms with van der Waals surface area (Å²) in [6.07, 6.45) is 0.651. The van der Waals surface area contributed by atoms with Crippen LogP contribution in [0.25, 0.3) is 0 Å². The summed E-state index contributed by atoms with van der Waals surface area (Å²) in [6, 6.07) is 19.6.